The normalized spacial score (nSPS) is 15.2. The smallest absolute Gasteiger partial charge is 0.159 e. The van der Waals surface area contributed by atoms with Crippen molar-refractivity contribution >= 4 is 53.3 Å². The highest BCUT2D eigenvalue weighted by Crippen LogP contribution is 2.32. The predicted molar refractivity (Wildman–Crippen MR) is 156 cm³/mol. The molecule has 1 aliphatic heterocycles. The molecule has 2 heterocycles. The molecule has 11 heteroatoms. The molecule has 1 saturated heterocycles. The van der Waals surface area contributed by atoms with Crippen molar-refractivity contribution in [3.8, 4) is 5.75 Å². The second-order valence-corrected chi connectivity index (χ2v) is 9.70. The van der Waals surface area contributed by atoms with Crippen molar-refractivity contribution in [1.82, 2.24) is 14.9 Å². The fourth-order valence-corrected chi connectivity index (χ4v) is 4.35. The first-order valence-corrected chi connectivity index (χ1v) is 13.0. The minimum atomic E-state index is -0.507. The van der Waals surface area contributed by atoms with Crippen molar-refractivity contribution in [1.29, 1.82) is 0 Å². The van der Waals surface area contributed by atoms with E-state index in [9.17, 15) is 9.18 Å². The number of carbonyl (C=O) groups excluding carboxylic acids is 1. The summed E-state index contributed by atoms with van der Waals surface area (Å²) in [5.41, 5.74) is 1.93. The summed E-state index contributed by atoms with van der Waals surface area (Å²) in [5, 5.41) is 12.8. The van der Waals surface area contributed by atoms with Crippen LogP contribution >= 0.6 is 25.1 Å². The summed E-state index contributed by atoms with van der Waals surface area (Å²) in [6.45, 7) is 2.80. The van der Waals surface area contributed by atoms with Crippen LogP contribution in [0.2, 0.25) is 5.02 Å². The molecule has 0 spiro atoms. The number of carbonyl (C=O) groups is 1. The van der Waals surface area contributed by atoms with Crippen LogP contribution in [0.5, 0.6) is 5.75 Å². The molecule has 2 aromatic carbocycles. The Hall–Kier alpha value is -2.76. The monoisotopic (exact) mass is 576 g/mol. The van der Waals surface area contributed by atoms with Gasteiger partial charge in [0, 0.05) is 48.7 Å². The number of nitrogens with one attached hydrogen (secondary N) is 1. The molecule has 1 atom stereocenters. The van der Waals surface area contributed by atoms with E-state index in [-0.39, 0.29) is 43.4 Å². The van der Waals surface area contributed by atoms with Crippen LogP contribution in [0.4, 0.5) is 15.9 Å². The first kappa shape index (κ1) is 30.8. The number of allylic oxidation sites excluding steroid dienone is 1. The lowest BCUT2D eigenvalue weighted by Gasteiger charge is -2.17. The van der Waals surface area contributed by atoms with Crippen LogP contribution < -0.4 is 10.1 Å². The molecule has 0 aliphatic carbocycles. The Labute approximate surface area is 239 Å². The first-order chi connectivity index (χ1) is 18.4. The van der Waals surface area contributed by atoms with Gasteiger partial charge in [-0.15, -0.1) is 0 Å². The van der Waals surface area contributed by atoms with Crippen molar-refractivity contribution < 1.29 is 23.8 Å². The number of anilines is 2. The summed E-state index contributed by atoms with van der Waals surface area (Å²) in [6, 6.07) is 8.02. The van der Waals surface area contributed by atoms with Gasteiger partial charge in [0.2, 0.25) is 0 Å². The van der Waals surface area contributed by atoms with Crippen molar-refractivity contribution in [2.75, 3.05) is 45.3 Å². The molecule has 1 fully saturated rings. The predicted octanol–water partition coefficient (Wildman–Crippen LogP) is 4.82. The Morgan fingerprint density at radius 1 is 1.31 bits per heavy atom. The van der Waals surface area contributed by atoms with E-state index in [1.54, 1.807) is 12.1 Å². The van der Waals surface area contributed by atoms with E-state index < -0.39 is 5.82 Å². The van der Waals surface area contributed by atoms with E-state index in [0.29, 0.717) is 53.5 Å². The molecule has 1 aromatic heterocycles. The largest absolute Gasteiger partial charge is 0.488 e. The number of ketones is 1. The number of aliphatic hydroxyl groups excluding tert-OH is 1. The molecule has 0 radical (unpaired) electrons. The van der Waals surface area contributed by atoms with Crippen molar-refractivity contribution in [3.63, 3.8) is 0 Å². The third-order valence-electron chi connectivity index (χ3n) is 6.21. The Kier molecular flexibility index (Phi) is 11.9. The van der Waals surface area contributed by atoms with Crippen molar-refractivity contribution in [3.05, 3.63) is 65.2 Å². The highest BCUT2D eigenvalue weighted by Gasteiger charge is 2.21. The first-order valence-electron chi connectivity index (χ1n) is 12.7. The summed E-state index contributed by atoms with van der Waals surface area (Å²) in [6.07, 6.45) is 7.36. The van der Waals surface area contributed by atoms with Crippen LogP contribution in [0.1, 0.15) is 24.8 Å². The minimum absolute atomic E-state index is 0. The van der Waals surface area contributed by atoms with Gasteiger partial charge >= 0.3 is 0 Å². The average molecular weight is 577 g/mol. The number of hydrogen-bond acceptors (Lipinski definition) is 8. The number of ether oxygens (including phenoxy) is 2. The fraction of sp³-hybridized carbons (Fsp3) is 0.393. The van der Waals surface area contributed by atoms with Gasteiger partial charge < -0.3 is 24.8 Å². The second kappa shape index (κ2) is 15.1. The average Bonchev–Trinajstić information content (AvgIpc) is 3.40. The van der Waals surface area contributed by atoms with Crippen molar-refractivity contribution in [2.24, 2.45) is 0 Å². The van der Waals surface area contributed by atoms with E-state index in [1.165, 1.54) is 18.5 Å². The van der Waals surface area contributed by atoms with Crippen LogP contribution in [-0.4, -0.2) is 71.8 Å². The van der Waals surface area contributed by atoms with Crippen LogP contribution in [0.3, 0.4) is 0 Å². The molecule has 2 N–H and O–H groups in total. The molecule has 39 heavy (non-hydrogen) atoms. The number of unbranched alkanes of at least 4 members (excludes halogenated alkanes) is 1. The topological polar surface area (TPSA) is 96.8 Å². The lowest BCUT2D eigenvalue weighted by Crippen LogP contribution is -2.20. The summed E-state index contributed by atoms with van der Waals surface area (Å²) in [4.78, 5) is 23.8. The number of aromatic nitrogens is 2. The molecular formula is C28H34ClFN4O4S. The summed E-state index contributed by atoms with van der Waals surface area (Å²) >= 11 is 5.94. The quantitative estimate of drug-likeness (QED) is 0.221. The van der Waals surface area contributed by atoms with Gasteiger partial charge in [0.25, 0.3) is 0 Å². The fourth-order valence-electron chi connectivity index (χ4n) is 4.17. The Morgan fingerprint density at radius 2 is 2.15 bits per heavy atom. The molecule has 1 aliphatic rings. The number of benzene rings is 2. The number of halogens is 2. The molecule has 210 valence electrons. The summed E-state index contributed by atoms with van der Waals surface area (Å²) < 4.78 is 25.3. The maximum Gasteiger partial charge on any atom is 0.159 e. The molecule has 0 unspecified atom stereocenters. The maximum absolute atomic E-state index is 13.6. The molecule has 0 saturated carbocycles. The van der Waals surface area contributed by atoms with Crippen LogP contribution in [0.15, 0.2) is 48.8 Å². The molecule has 0 amide bonds. The molecule has 4 rings (SSSR count). The van der Waals surface area contributed by atoms with E-state index in [1.807, 2.05) is 25.3 Å². The van der Waals surface area contributed by atoms with Gasteiger partial charge in [0.1, 0.15) is 29.8 Å². The lowest BCUT2D eigenvalue weighted by atomic mass is 10.0. The highest BCUT2D eigenvalue weighted by atomic mass is 35.5. The van der Waals surface area contributed by atoms with E-state index in [0.717, 1.165) is 25.8 Å². The molecular weight excluding hydrogens is 543 g/mol. The highest BCUT2D eigenvalue weighted by molar-refractivity contribution is 7.59. The van der Waals surface area contributed by atoms with Crippen LogP contribution in [-0.2, 0) is 16.0 Å². The van der Waals surface area contributed by atoms with Crippen LogP contribution in [0, 0.1) is 5.82 Å². The van der Waals surface area contributed by atoms with Gasteiger partial charge in [-0.05, 0) is 56.8 Å². The second-order valence-electron chi connectivity index (χ2n) is 9.30. The number of hydrogen-bond donors (Lipinski definition) is 2. The number of aliphatic hydroxyl groups is 1. The lowest BCUT2D eigenvalue weighted by molar-refractivity contribution is -0.114. The molecule has 0 bridgehead atoms. The zero-order valence-electron chi connectivity index (χ0n) is 21.8. The van der Waals surface area contributed by atoms with E-state index in [2.05, 4.69) is 20.2 Å². The van der Waals surface area contributed by atoms with Crippen LogP contribution in [0.25, 0.3) is 10.9 Å². The number of fused-ring (bicyclic) bond motifs is 1. The SMILES string of the molecule is CN(C/C=C/C(=O)Cc1cc2c(Nc3ccc(F)c(Cl)c3)ncnc2cc1O[C@H]1CCOC1)CCCCO.S. The molecule has 8 nitrogen and oxygen atoms in total. The van der Waals surface area contributed by atoms with Gasteiger partial charge in [-0.25, -0.2) is 14.4 Å². The van der Waals surface area contributed by atoms with Gasteiger partial charge in [0.15, 0.2) is 5.78 Å². The zero-order chi connectivity index (χ0) is 26.9. The van der Waals surface area contributed by atoms with E-state index in [4.69, 9.17) is 26.2 Å². The third-order valence-corrected chi connectivity index (χ3v) is 6.50. The van der Waals surface area contributed by atoms with Gasteiger partial charge in [-0.3, -0.25) is 4.79 Å². The standard InChI is InChI=1S/C28H32ClFN4O4.H2S/c1-34(9-2-3-11-35)10-4-5-21(36)13-19-14-23-26(16-27(19)38-22-8-12-37-17-22)31-18-32-28(23)33-20-6-7-25(30)24(29)15-20;/h4-7,14-16,18,22,35H,2-3,8-13,17H2,1H3,(H,31,32,33);1H2/b5-4+;/t22-;/m0./s1. The Bertz CT molecular complexity index is 1290. The van der Waals surface area contributed by atoms with Gasteiger partial charge in [-0.1, -0.05) is 17.7 Å². The summed E-state index contributed by atoms with van der Waals surface area (Å²) in [7, 11) is 1.98. The number of rotatable bonds is 13. The van der Waals surface area contributed by atoms with Gasteiger partial charge in [-0.2, -0.15) is 13.5 Å². The number of nitrogens with zero attached hydrogens (tertiary/aromatic N) is 3. The van der Waals surface area contributed by atoms with Gasteiger partial charge in [0.05, 0.1) is 23.8 Å². The van der Waals surface area contributed by atoms with Crippen molar-refractivity contribution in [2.45, 2.75) is 31.8 Å². The number of likely N-dealkylation sites (N-methyl/N-ethyl adjacent to an activating group) is 1. The minimum Gasteiger partial charge on any atom is -0.488 e. The Balaban J connectivity index is 0.00000420. The summed E-state index contributed by atoms with van der Waals surface area (Å²) in [5.74, 6) is 0.525. The van der Waals surface area contributed by atoms with E-state index >= 15 is 0 Å². The zero-order valence-corrected chi connectivity index (χ0v) is 23.6. The Morgan fingerprint density at radius 3 is 2.90 bits per heavy atom. The molecule has 3 aromatic rings. The maximum atomic E-state index is 13.6. The third kappa shape index (κ3) is 8.87.